The summed E-state index contributed by atoms with van der Waals surface area (Å²) in [5, 5.41) is 6.30. The normalized spacial score (nSPS) is 23.8. The highest BCUT2D eigenvalue weighted by Gasteiger charge is 2.68. The number of nitrogens with zero attached hydrogens (tertiary/aromatic N) is 2. The molecule has 0 radical (unpaired) electrons. The molecule has 32 heavy (non-hydrogen) atoms. The molecule has 164 valence electrons. The zero-order chi connectivity index (χ0) is 21.9. The quantitative estimate of drug-likeness (QED) is 0.403. The minimum atomic E-state index is -0.844. The van der Waals surface area contributed by atoms with Crippen LogP contribution in [0.15, 0.2) is 47.4 Å². The monoisotopic (exact) mass is 451 g/mol. The third-order valence-corrected chi connectivity index (χ3v) is 7.61. The van der Waals surface area contributed by atoms with E-state index in [-0.39, 0.29) is 22.6 Å². The van der Waals surface area contributed by atoms with Crippen LogP contribution in [-0.4, -0.2) is 32.5 Å². The minimum absolute atomic E-state index is 0.110. The third-order valence-electron chi connectivity index (χ3n) is 6.53. The van der Waals surface area contributed by atoms with Crippen LogP contribution in [-0.2, 0) is 13.1 Å². The van der Waals surface area contributed by atoms with Crippen molar-refractivity contribution in [1.82, 2.24) is 25.0 Å². The maximum atomic E-state index is 13.6. The Bertz CT molecular complexity index is 1370. The van der Waals surface area contributed by atoms with E-state index in [9.17, 15) is 14.0 Å². The van der Waals surface area contributed by atoms with Gasteiger partial charge < -0.3 is 15.6 Å². The van der Waals surface area contributed by atoms with Crippen molar-refractivity contribution < 1.29 is 9.18 Å². The Morgan fingerprint density at radius 1 is 1.22 bits per heavy atom. The van der Waals surface area contributed by atoms with Gasteiger partial charge in [-0.15, -0.1) is 11.3 Å². The van der Waals surface area contributed by atoms with Gasteiger partial charge in [0.2, 0.25) is 0 Å². The number of aromatic amines is 1. The Morgan fingerprint density at radius 3 is 2.84 bits per heavy atom. The highest BCUT2D eigenvalue weighted by Crippen LogP contribution is 2.69. The summed E-state index contributed by atoms with van der Waals surface area (Å²) in [5.41, 5.74) is 1.76. The molecule has 7 rings (SSSR count). The topological polar surface area (TPSA) is 91.3 Å². The Morgan fingerprint density at radius 2 is 2.06 bits per heavy atom. The average Bonchev–Trinajstić information content (AvgIpc) is 3.28. The van der Waals surface area contributed by atoms with Gasteiger partial charge in [0.05, 0.1) is 16.8 Å². The summed E-state index contributed by atoms with van der Waals surface area (Å²) >= 11 is 1.61. The van der Waals surface area contributed by atoms with Gasteiger partial charge in [0.15, 0.2) is 0 Å². The molecule has 7 nitrogen and oxygen atoms in total. The van der Waals surface area contributed by atoms with Gasteiger partial charge in [0.25, 0.3) is 11.5 Å². The largest absolute Gasteiger partial charge is 0.357 e. The molecule has 1 amide bonds. The van der Waals surface area contributed by atoms with E-state index in [1.165, 1.54) is 10.5 Å². The molecular weight excluding hydrogens is 429 g/mol. The van der Waals surface area contributed by atoms with Crippen molar-refractivity contribution >= 4 is 33.1 Å². The second kappa shape index (κ2) is 6.98. The van der Waals surface area contributed by atoms with Crippen LogP contribution >= 0.6 is 11.3 Å². The second-order valence-corrected chi connectivity index (χ2v) is 10.3. The first kappa shape index (κ1) is 19.6. The van der Waals surface area contributed by atoms with E-state index in [4.69, 9.17) is 0 Å². The summed E-state index contributed by atoms with van der Waals surface area (Å²) in [5.74, 6) is -0.376. The first-order valence-corrected chi connectivity index (χ1v) is 11.5. The molecule has 0 saturated heterocycles. The number of aromatic nitrogens is 3. The number of carbonyl (C=O) groups is 1. The Balaban J connectivity index is 1.06. The number of hydrogen-bond donors (Lipinski definition) is 3. The molecule has 3 aliphatic carbocycles. The van der Waals surface area contributed by atoms with Crippen LogP contribution in [0.2, 0.25) is 0 Å². The average molecular weight is 452 g/mol. The number of thiophene rings is 1. The second-order valence-electron chi connectivity index (χ2n) is 9.16. The van der Waals surface area contributed by atoms with E-state index < -0.39 is 5.67 Å². The van der Waals surface area contributed by atoms with E-state index in [1.54, 1.807) is 35.7 Å². The first-order chi connectivity index (χ1) is 15.4. The summed E-state index contributed by atoms with van der Waals surface area (Å²) in [4.78, 5) is 33.4. The summed E-state index contributed by atoms with van der Waals surface area (Å²) in [7, 11) is 0. The molecule has 3 fully saturated rings. The van der Waals surface area contributed by atoms with Gasteiger partial charge in [-0.3, -0.25) is 14.0 Å². The van der Waals surface area contributed by atoms with Crippen molar-refractivity contribution in [2.45, 2.75) is 38.0 Å². The molecule has 0 aliphatic heterocycles. The maximum Gasteiger partial charge on any atom is 0.270 e. The number of alkyl halides is 1. The maximum absolute atomic E-state index is 13.6. The number of H-pyrrole nitrogens is 1. The van der Waals surface area contributed by atoms with Gasteiger partial charge in [-0.25, -0.2) is 9.37 Å². The smallest absolute Gasteiger partial charge is 0.270 e. The molecule has 4 aromatic heterocycles. The summed E-state index contributed by atoms with van der Waals surface area (Å²) in [6.07, 6.45) is 3.77. The zero-order valence-corrected chi connectivity index (χ0v) is 18.1. The predicted molar refractivity (Wildman–Crippen MR) is 121 cm³/mol. The molecule has 3 N–H and O–H groups in total. The Hall–Kier alpha value is -3.04. The fourth-order valence-electron chi connectivity index (χ4n) is 5.15. The van der Waals surface area contributed by atoms with Crippen LogP contribution in [0.25, 0.3) is 15.9 Å². The molecule has 0 spiro atoms. The number of halogens is 1. The predicted octanol–water partition coefficient (Wildman–Crippen LogP) is 3.15. The van der Waals surface area contributed by atoms with Gasteiger partial charge in [0, 0.05) is 35.9 Å². The molecule has 0 unspecified atom stereocenters. The first-order valence-electron chi connectivity index (χ1n) is 10.7. The van der Waals surface area contributed by atoms with Gasteiger partial charge in [0.1, 0.15) is 17.0 Å². The number of rotatable bonds is 7. The summed E-state index contributed by atoms with van der Waals surface area (Å²) < 4.78 is 16.1. The molecule has 3 saturated carbocycles. The molecule has 0 atom stereocenters. The van der Waals surface area contributed by atoms with Gasteiger partial charge >= 0.3 is 0 Å². The van der Waals surface area contributed by atoms with E-state index in [2.05, 4.69) is 26.7 Å². The lowest BCUT2D eigenvalue weighted by atomic mass is 9.42. The molecule has 3 aliphatic rings. The minimum Gasteiger partial charge on any atom is -0.357 e. The molecule has 0 aromatic carbocycles. The fraction of sp³-hybridized carbons (Fsp3) is 0.348. The van der Waals surface area contributed by atoms with Gasteiger partial charge in [-0.1, -0.05) is 6.07 Å². The van der Waals surface area contributed by atoms with Crippen LogP contribution in [0.1, 0.15) is 40.3 Å². The number of hydrogen-bond acceptors (Lipinski definition) is 5. The lowest BCUT2D eigenvalue weighted by molar-refractivity contribution is -0.209. The highest BCUT2D eigenvalue weighted by atomic mass is 32.1. The van der Waals surface area contributed by atoms with E-state index in [1.807, 2.05) is 6.07 Å². The lowest BCUT2D eigenvalue weighted by Gasteiger charge is -2.66. The number of fused-ring (bicyclic) bond motifs is 2. The van der Waals surface area contributed by atoms with E-state index in [0.29, 0.717) is 31.5 Å². The molecule has 4 aromatic rings. The zero-order valence-electron chi connectivity index (χ0n) is 17.3. The highest BCUT2D eigenvalue weighted by molar-refractivity contribution is 7.19. The number of amides is 1. The molecule has 9 heteroatoms. The Kier molecular flexibility index (Phi) is 4.28. The van der Waals surface area contributed by atoms with Crippen molar-refractivity contribution in [3.05, 3.63) is 69.2 Å². The van der Waals surface area contributed by atoms with Crippen molar-refractivity contribution in [3.8, 4) is 0 Å². The van der Waals surface area contributed by atoms with Crippen molar-refractivity contribution in [1.29, 1.82) is 0 Å². The van der Waals surface area contributed by atoms with Crippen LogP contribution in [0.3, 0.4) is 0 Å². The molecule has 4 heterocycles. The molecular formula is C23H22FN5O2S. The number of carbonyl (C=O) groups excluding carboxylic acids is 1. The van der Waals surface area contributed by atoms with Crippen LogP contribution < -0.4 is 16.2 Å². The van der Waals surface area contributed by atoms with Crippen molar-refractivity contribution in [2.75, 3.05) is 6.54 Å². The SMILES string of the molecule is O=C(NCc1cc2[nH]c(CNCC34CC(F)(C3)C4)cc2s1)c1cc(=O)n2ccccc2n1. The lowest BCUT2D eigenvalue weighted by Crippen LogP contribution is -2.67. The molecule has 2 bridgehead atoms. The van der Waals surface area contributed by atoms with Crippen molar-refractivity contribution in [2.24, 2.45) is 5.41 Å². The summed E-state index contributed by atoms with van der Waals surface area (Å²) in [6.45, 7) is 1.97. The Labute approximate surface area is 186 Å². The third kappa shape index (κ3) is 3.32. The van der Waals surface area contributed by atoms with E-state index in [0.717, 1.165) is 33.9 Å². The number of pyridine rings is 1. The van der Waals surface area contributed by atoms with Crippen LogP contribution in [0.4, 0.5) is 4.39 Å². The van der Waals surface area contributed by atoms with Crippen LogP contribution in [0, 0.1) is 5.41 Å². The van der Waals surface area contributed by atoms with Gasteiger partial charge in [-0.05, 0) is 48.9 Å². The fourth-order valence-corrected chi connectivity index (χ4v) is 6.18. The standard InChI is InChI=1S/C23H22FN5O2S/c24-23-10-22(11-23,12-23)13-25-8-14-5-18-16(27-14)6-15(32-18)9-26-21(31)17-7-20(30)29-4-2-1-3-19(29)28-17/h1-7,25,27H,8-13H2,(H,26,31). The van der Waals surface area contributed by atoms with Gasteiger partial charge in [-0.2, -0.15) is 0 Å². The summed E-state index contributed by atoms with van der Waals surface area (Å²) in [6, 6.07) is 10.6. The van der Waals surface area contributed by atoms with Crippen molar-refractivity contribution in [3.63, 3.8) is 0 Å². The number of nitrogens with one attached hydrogen (secondary N) is 3. The van der Waals surface area contributed by atoms with Crippen LogP contribution in [0.5, 0.6) is 0 Å². The van der Waals surface area contributed by atoms with E-state index >= 15 is 0 Å².